The second kappa shape index (κ2) is 11.8. The molecule has 2 atom stereocenters. The van der Waals surface area contributed by atoms with Crippen molar-refractivity contribution in [2.45, 2.75) is 50.5 Å². The number of rotatable bonds is 7. The smallest absolute Gasteiger partial charge is 0.337 e. The Balaban J connectivity index is 1.05. The molecule has 2 saturated heterocycles. The summed E-state index contributed by atoms with van der Waals surface area (Å²) in [5.74, 6) is 1.94. The number of carbonyl (C=O) groups excluding carboxylic acids is 1. The van der Waals surface area contributed by atoms with Crippen LogP contribution in [0.15, 0.2) is 54.6 Å². The van der Waals surface area contributed by atoms with E-state index in [0.29, 0.717) is 40.9 Å². The van der Waals surface area contributed by atoms with E-state index >= 15 is 0 Å². The highest BCUT2D eigenvalue weighted by molar-refractivity contribution is 6.30. The van der Waals surface area contributed by atoms with Crippen LogP contribution in [0.5, 0.6) is 11.5 Å². The highest BCUT2D eigenvalue weighted by atomic mass is 35.5. The molecule has 10 heteroatoms. The number of nitrogens with zero attached hydrogens (tertiary/aromatic N) is 3. The van der Waals surface area contributed by atoms with Crippen molar-refractivity contribution in [1.82, 2.24) is 14.5 Å². The van der Waals surface area contributed by atoms with Gasteiger partial charge in [-0.2, -0.15) is 0 Å². The number of piperidine rings is 1. The van der Waals surface area contributed by atoms with Crippen molar-refractivity contribution < 1.29 is 28.1 Å². The monoisotopic (exact) mass is 605 g/mol. The van der Waals surface area contributed by atoms with Crippen LogP contribution in [-0.4, -0.2) is 59.9 Å². The van der Waals surface area contributed by atoms with Crippen molar-refractivity contribution in [3.8, 4) is 11.5 Å². The van der Waals surface area contributed by atoms with Gasteiger partial charge in [0.1, 0.15) is 18.2 Å². The molecule has 43 heavy (non-hydrogen) atoms. The Morgan fingerprint density at radius 3 is 2.67 bits per heavy atom. The molecule has 3 aromatic carbocycles. The topological polar surface area (TPSA) is 75.0 Å². The average Bonchev–Trinajstić information content (AvgIpc) is 3.34. The lowest BCUT2D eigenvalue weighted by molar-refractivity contribution is -0.0592. The summed E-state index contributed by atoms with van der Waals surface area (Å²) in [6, 6.07) is 16.1. The number of benzene rings is 3. The van der Waals surface area contributed by atoms with E-state index in [0.717, 1.165) is 67.1 Å². The molecule has 2 fully saturated rings. The number of halogens is 2. The standard InChI is InChI=1S/C33H33ClFN3O5/c1-40-33(39)21-5-8-27-28(15-21)38(17-23-11-14-41-23)31(36-27)18-37-12-9-20(10-13-37)24-3-2-4-29-32(24)42-19-30(43-29)25-7-6-22(34)16-26(25)35/h2-8,15-16,20,23,30H,9-14,17-19H2,1H3/t23-,30-/m0/s1. The SMILES string of the molecule is COC(=O)c1ccc2nc(CN3CCC(c4cccc5c4OC[C@@H](c4ccc(Cl)cc4F)O5)CC3)n(C[C@@H]3CCO3)c2c1. The Kier molecular flexibility index (Phi) is 7.71. The van der Waals surface area contributed by atoms with Crippen LogP contribution in [0, 0.1) is 5.82 Å². The van der Waals surface area contributed by atoms with Gasteiger partial charge < -0.3 is 23.5 Å². The molecule has 224 valence electrons. The van der Waals surface area contributed by atoms with E-state index in [1.165, 1.54) is 13.2 Å². The van der Waals surface area contributed by atoms with Gasteiger partial charge in [-0.05, 0) is 74.7 Å². The summed E-state index contributed by atoms with van der Waals surface area (Å²) in [5, 5.41) is 0.351. The number of fused-ring (bicyclic) bond motifs is 2. The molecule has 1 aromatic heterocycles. The van der Waals surface area contributed by atoms with Crippen LogP contribution in [0.1, 0.15) is 58.6 Å². The summed E-state index contributed by atoms with van der Waals surface area (Å²) in [7, 11) is 1.39. The van der Waals surface area contributed by atoms with Crippen LogP contribution < -0.4 is 9.47 Å². The van der Waals surface area contributed by atoms with E-state index in [2.05, 4.69) is 15.5 Å². The molecule has 0 spiro atoms. The zero-order valence-electron chi connectivity index (χ0n) is 23.9. The van der Waals surface area contributed by atoms with Crippen molar-refractivity contribution in [2.75, 3.05) is 33.4 Å². The maximum atomic E-state index is 14.6. The van der Waals surface area contributed by atoms with E-state index in [-0.39, 0.29) is 18.7 Å². The molecule has 3 aliphatic rings. The van der Waals surface area contributed by atoms with Gasteiger partial charge in [-0.25, -0.2) is 14.2 Å². The number of imidazole rings is 1. The second-order valence-corrected chi connectivity index (χ2v) is 11.9. The third-order valence-electron chi connectivity index (χ3n) is 8.79. The van der Waals surface area contributed by atoms with Gasteiger partial charge >= 0.3 is 5.97 Å². The number of aromatic nitrogens is 2. The minimum atomic E-state index is -0.532. The maximum absolute atomic E-state index is 14.6. The van der Waals surface area contributed by atoms with Crippen molar-refractivity contribution in [3.63, 3.8) is 0 Å². The largest absolute Gasteiger partial charge is 0.485 e. The van der Waals surface area contributed by atoms with Gasteiger partial charge in [-0.15, -0.1) is 0 Å². The minimum Gasteiger partial charge on any atom is -0.485 e. The fourth-order valence-electron chi connectivity index (χ4n) is 6.34. The van der Waals surface area contributed by atoms with Gasteiger partial charge in [-0.3, -0.25) is 4.90 Å². The second-order valence-electron chi connectivity index (χ2n) is 11.4. The number of methoxy groups -OCH3 is 1. The lowest BCUT2D eigenvalue weighted by Gasteiger charge is -2.35. The Bertz CT molecular complexity index is 1660. The molecule has 8 nitrogen and oxygen atoms in total. The number of ether oxygens (including phenoxy) is 4. The van der Waals surface area contributed by atoms with Gasteiger partial charge in [0.25, 0.3) is 0 Å². The first kappa shape index (κ1) is 28.1. The highest BCUT2D eigenvalue weighted by Gasteiger charge is 2.31. The Morgan fingerprint density at radius 2 is 1.93 bits per heavy atom. The first-order valence-electron chi connectivity index (χ1n) is 14.8. The summed E-state index contributed by atoms with van der Waals surface area (Å²) >= 11 is 5.93. The zero-order chi connectivity index (χ0) is 29.5. The van der Waals surface area contributed by atoms with E-state index in [4.69, 9.17) is 35.5 Å². The molecule has 0 bridgehead atoms. The fraction of sp³-hybridized carbons (Fsp3) is 0.394. The highest BCUT2D eigenvalue weighted by Crippen LogP contribution is 2.44. The van der Waals surface area contributed by atoms with Crippen molar-refractivity contribution in [1.29, 1.82) is 0 Å². The molecule has 0 amide bonds. The zero-order valence-corrected chi connectivity index (χ0v) is 24.7. The van der Waals surface area contributed by atoms with Crippen LogP contribution in [0.2, 0.25) is 5.02 Å². The molecule has 0 unspecified atom stereocenters. The van der Waals surface area contributed by atoms with Gasteiger partial charge in [0.15, 0.2) is 17.6 Å². The Hall–Kier alpha value is -3.66. The summed E-state index contributed by atoms with van der Waals surface area (Å²) in [6.07, 6.45) is 2.58. The number of hydrogen-bond donors (Lipinski definition) is 0. The molecular weight excluding hydrogens is 573 g/mol. The molecule has 3 aliphatic heterocycles. The molecule has 0 saturated carbocycles. The third kappa shape index (κ3) is 5.57. The van der Waals surface area contributed by atoms with Gasteiger partial charge in [0, 0.05) is 22.8 Å². The maximum Gasteiger partial charge on any atom is 0.337 e. The van der Waals surface area contributed by atoms with Gasteiger partial charge in [-0.1, -0.05) is 29.8 Å². The summed E-state index contributed by atoms with van der Waals surface area (Å²) < 4.78 is 39.9. The molecule has 0 aliphatic carbocycles. The van der Waals surface area contributed by atoms with E-state index in [1.807, 2.05) is 24.3 Å². The summed E-state index contributed by atoms with van der Waals surface area (Å²) in [5.41, 5.74) is 3.87. The lowest BCUT2D eigenvalue weighted by atomic mass is 9.88. The Labute approximate surface area is 254 Å². The molecule has 4 aromatic rings. The third-order valence-corrected chi connectivity index (χ3v) is 9.02. The molecule has 7 rings (SSSR count). The van der Waals surface area contributed by atoms with Gasteiger partial charge in [0.2, 0.25) is 0 Å². The number of hydrogen-bond acceptors (Lipinski definition) is 7. The molecular formula is C33H33ClFN3O5. The van der Waals surface area contributed by atoms with Crippen LogP contribution in [0.4, 0.5) is 4.39 Å². The predicted octanol–water partition coefficient (Wildman–Crippen LogP) is 6.30. The molecule has 4 heterocycles. The first-order chi connectivity index (χ1) is 21.0. The lowest BCUT2D eigenvalue weighted by Crippen LogP contribution is -2.35. The normalized spacial score (nSPS) is 20.6. The predicted molar refractivity (Wildman–Crippen MR) is 159 cm³/mol. The van der Waals surface area contributed by atoms with Crippen LogP contribution in [-0.2, 0) is 22.6 Å². The van der Waals surface area contributed by atoms with Gasteiger partial charge in [0.05, 0.1) is 42.9 Å². The fourth-order valence-corrected chi connectivity index (χ4v) is 6.50. The Morgan fingerprint density at radius 1 is 1.09 bits per heavy atom. The minimum absolute atomic E-state index is 0.158. The molecule has 0 radical (unpaired) electrons. The van der Waals surface area contributed by atoms with E-state index < -0.39 is 11.9 Å². The average molecular weight is 606 g/mol. The number of para-hydroxylation sites is 1. The van der Waals surface area contributed by atoms with Crippen molar-refractivity contribution >= 4 is 28.6 Å². The number of carbonyl (C=O) groups is 1. The van der Waals surface area contributed by atoms with Crippen molar-refractivity contribution in [3.05, 3.63) is 88.0 Å². The van der Waals surface area contributed by atoms with Crippen LogP contribution in [0.3, 0.4) is 0 Å². The quantitative estimate of drug-likeness (QED) is 0.229. The number of likely N-dealkylation sites (tertiary alicyclic amines) is 1. The van der Waals surface area contributed by atoms with Crippen LogP contribution >= 0.6 is 11.6 Å². The van der Waals surface area contributed by atoms with Crippen LogP contribution in [0.25, 0.3) is 11.0 Å². The number of esters is 1. The van der Waals surface area contributed by atoms with E-state index in [1.54, 1.807) is 18.2 Å². The van der Waals surface area contributed by atoms with E-state index in [9.17, 15) is 9.18 Å². The first-order valence-corrected chi connectivity index (χ1v) is 15.1. The summed E-state index contributed by atoms with van der Waals surface area (Å²) in [4.78, 5) is 19.6. The van der Waals surface area contributed by atoms with Crippen molar-refractivity contribution in [2.24, 2.45) is 0 Å². The molecule has 0 N–H and O–H groups in total. The summed E-state index contributed by atoms with van der Waals surface area (Å²) in [6.45, 7) is 4.25.